The number of hydrogen-bond donors (Lipinski definition) is 2. The van der Waals surface area contributed by atoms with Gasteiger partial charge in [-0.1, -0.05) is 18.1 Å². The molecule has 1 aromatic carbocycles. The Kier molecular flexibility index (Phi) is 4.41. The molecule has 0 radical (unpaired) electrons. The van der Waals surface area contributed by atoms with Crippen LogP contribution in [0, 0.1) is 12.3 Å². The third kappa shape index (κ3) is 4.15. The second-order valence-electron chi connectivity index (χ2n) is 2.83. The lowest BCUT2D eigenvalue weighted by atomic mass is 10.2. The van der Waals surface area contributed by atoms with Gasteiger partial charge in [-0.05, 0) is 17.7 Å². The van der Waals surface area contributed by atoms with Gasteiger partial charge in [0.25, 0.3) is 0 Å². The molecule has 0 saturated heterocycles. The summed E-state index contributed by atoms with van der Waals surface area (Å²) < 4.78 is 5.24. The summed E-state index contributed by atoms with van der Waals surface area (Å²) in [4.78, 5) is 0. The van der Waals surface area contributed by atoms with Crippen molar-refractivity contribution in [3.05, 3.63) is 29.8 Å². The first-order valence-corrected chi connectivity index (χ1v) is 4.50. The van der Waals surface area contributed by atoms with Crippen molar-refractivity contribution >= 4 is 12.2 Å². The average Bonchev–Trinajstić information content (AvgIpc) is 2.26. The number of ether oxygens (including phenoxy) is 1. The molecule has 5 nitrogen and oxygen atoms in total. The highest BCUT2D eigenvalue weighted by atomic mass is 16.5. The molecular weight excluding hydrogens is 204 g/mol. The second kappa shape index (κ2) is 6.09. The van der Waals surface area contributed by atoms with Gasteiger partial charge in [0.2, 0.25) is 5.96 Å². The molecule has 1 aromatic rings. The average molecular weight is 216 g/mol. The van der Waals surface area contributed by atoms with Crippen LogP contribution < -0.4 is 16.2 Å². The quantitative estimate of drug-likeness (QED) is 0.328. The van der Waals surface area contributed by atoms with Crippen molar-refractivity contribution in [1.82, 2.24) is 0 Å². The van der Waals surface area contributed by atoms with Crippen LogP contribution in [0.1, 0.15) is 5.56 Å². The Labute approximate surface area is 93.8 Å². The van der Waals surface area contributed by atoms with E-state index in [0.717, 1.165) is 5.56 Å². The Bertz CT molecular complexity index is 442. The Hall–Kier alpha value is -2.48. The van der Waals surface area contributed by atoms with Gasteiger partial charge in [-0.25, -0.2) is 0 Å². The number of terminal acetylenes is 1. The third-order valence-electron chi connectivity index (χ3n) is 1.56. The van der Waals surface area contributed by atoms with E-state index >= 15 is 0 Å². The maximum atomic E-state index is 5.24. The van der Waals surface area contributed by atoms with Crippen molar-refractivity contribution in [3.8, 4) is 18.1 Å². The van der Waals surface area contributed by atoms with Crippen molar-refractivity contribution in [3.63, 3.8) is 0 Å². The normalized spacial score (nSPS) is 9.69. The van der Waals surface area contributed by atoms with Crippen LogP contribution in [0.15, 0.2) is 34.5 Å². The lowest BCUT2D eigenvalue weighted by Crippen LogP contribution is -2.21. The number of guanidine groups is 1. The van der Waals surface area contributed by atoms with Crippen molar-refractivity contribution in [2.75, 3.05) is 6.61 Å². The zero-order valence-corrected chi connectivity index (χ0v) is 8.63. The van der Waals surface area contributed by atoms with E-state index in [1.165, 1.54) is 6.21 Å². The summed E-state index contributed by atoms with van der Waals surface area (Å²) in [6.07, 6.45) is 6.60. The van der Waals surface area contributed by atoms with E-state index in [4.69, 9.17) is 22.6 Å². The van der Waals surface area contributed by atoms with Crippen LogP contribution in [0.4, 0.5) is 0 Å². The number of hydrogen-bond acceptors (Lipinski definition) is 3. The zero-order chi connectivity index (χ0) is 11.8. The van der Waals surface area contributed by atoms with E-state index in [9.17, 15) is 0 Å². The fourth-order valence-electron chi connectivity index (χ4n) is 0.972. The van der Waals surface area contributed by atoms with Crippen LogP contribution in [0.3, 0.4) is 0 Å². The topological polar surface area (TPSA) is 86.0 Å². The van der Waals surface area contributed by atoms with Gasteiger partial charge in [0.05, 0.1) is 6.21 Å². The summed E-state index contributed by atoms with van der Waals surface area (Å²) in [5.74, 6) is 2.97. The molecule has 82 valence electrons. The van der Waals surface area contributed by atoms with Crippen molar-refractivity contribution in [2.45, 2.75) is 0 Å². The molecule has 0 atom stereocenters. The minimum Gasteiger partial charge on any atom is -0.481 e. The summed E-state index contributed by atoms with van der Waals surface area (Å²) in [6.45, 7) is 0.231. The number of rotatable bonds is 4. The molecule has 0 bridgehead atoms. The van der Waals surface area contributed by atoms with E-state index in [2.05, 4.69) is 16.1 Å². The highest BCUT2D eigenvalue weighted by Crippen LogP contribution is 2.11. The summed E-state index contributed by atoms with van der Waals surface area (Å²) in [7, 11) is 0. The van der Waals surface area contributed by atoms with E-state index in [-0.39, 0.29) is 12.6 Å². The largest absolute Gasteiger partial charge is 0.481 e. The summed E-state index contributed by atoms with van der Waals surface area (Å²) in [6, 6.07) is 7.25. The first-order chi connectivity index (χ1) is 7.72. The Morgan fingerprint density at radius 3 is 3.00 bits per heavy atom. The molecule has 0 aliphatic heterocycles. The first kappa shape index (κ1) is 11.6. The minimum absolute atomic E-state index is 0.0870. The Balaban J connectivity index is 2.71. The van der Waals surface area contributed by atoms with Crippen LogP contribution in [0.2, 0.25) is 0 Å². The molecule has 0 saturated carbocycles. The zero-order valence-electron chi connectivity index (χ0n) is 8.63. The summed E-state index contributed by atoms with van der Waals surface area (Å²) in [5, 5.41) is 7.16. The molecule has 4 N–H and O–H groups in total. The molecule has 16 heavy (non-hydrogen) atoms. The molecule has 0 aliphatic rings. The molecule has 0 heterocycles. The molecule has 0 amide bonds. The molecular formula is C11H12N4O. The van der Waals surface area contributed by atoms with Crippen LogP contribution in [0.5, 0.6) is 5.75 Å². The highest BCUT2D eigenvalue weighted by Gasteiger charge is 1.93. The van der Waals surface area contributed by atoms with Crippen LogP contribution in [-0.2, 0) is 0 Å². The second-order valence-corrected chi connectivity index (χ2v) is 2.83. The molecule has 0 spiro atoms. The van der Waals surface area contributed by atoms with Gasteiger partial charge < -0.3 is 16.2 Å². The monoisotopic (exact) mass is 216 g/mol. The highest BCUT2D eigenvalue weighted by molar-refractivity contribution is 5.81. The molecule has 0 aromatic heterocycles. The van der Waals surface area contributed by atoms with Crippen LogP contribution in [0.25, 0.3) is 0 Å². The van der Waals surface area contributed by atoms with Gasteiger partial charge in [-0.3, -0.25) is 0 Å². The van der Waals surface area contributed by atoms with Gasteiger partial charge in [0.1, 0.15) is 12.4 Å². The molecule has 0 unspecified atom stereocenters. The Morgan fingerprint density at radius 1 is 1.50 bits per heavy atom. The standard InChI is InChI=1S/C11H12N4O/c1-2-6-16-10-5-3-4-9(7-10)8-14-15-11(12)13/h1,3-5,7-8H,6H2,(H4,12,13,15). The van der Waals surface area contributed by atoms with Gasteiger partial charge in [-0.2, -0.15) is 5.10 Å². The lowest BCUT2D eigenvalue weighted by Gasteiger charge is -2.01. The predicted octanol–water partition coefficient (Wildman–Crippen LogP) is 0.306. The predicted molar refractivity (Wildman–Crippen MR) is 64.2 cm³/mol. The van der Waals surface area contributed by atoms with E-state index in [0.29, 0.717) is 5.75 Å². The lowest BCUT2D eigenvalue weighted by molar-refractivity contribution is 0.370. The number of nitrogens with zero attached hydrogens (tertiary/aromatic N) is 2. The fourth-order valence-corrected chi connectivity index (χ4v) is 0.972. The van der Waals surface area contributed by atoms with E-state index in [1.54, 1.807) is 12.1 Å². The minimum atomic E-state index is -0.0870. The van der Waals surface area contributed by atoms with Crippen LogP contribution in [-0.4, -0.2) is 18.8 Å². The number of nitrogens with two attached hydrogens (primary N) is 2. The summed E-state index contributed by atoms with van der Waals surface area (Å²) >= 11 is 0. The van der Waals surface area contributed by atoms with Gasteiger partial charge in [0, 0.05) is 0 Å². The smallest absolute Gasteiger partial charge is 0.211 e. The van der Waals surface area contributed by atoms with Gasteiger partial charge in [0.15, 0.2) is 0 Å². The molecule has 1 rings (SSSR count). The SMILES string of the molecule is C#CCOc1cccc(C=NN=C(N)N)c1. The number of benzene rings is 1. The van der Waals surface area contributed by atoms with Gasteiger partial charge in [-0.15, -0.1) is 11.5 Å². The van der Waals surface area contributed by atoms with Crippen molar-refractivity contribution in [1.29, 1.82) is 0 Å². The maximum Gasteiger partial charge on any atom is 0.211 e. The first-order valence-electron chi connectivity index (χ1n) is 4.50. The van der Waals surface area contributed by atoms with E-state index < -0.39 is 0 Å². The molecule has 5 heteroatoms. The van der Waals surface area contributed by atoms with Crippen LogP contribution >= 0.6 is 0 Å². The van der Waals surface area contributed by atoms with Crippen molar-refractivity contribution < 1.29 is 4.74 Å². The molecule has 0 aliphatic carbocycles. The Morgan fingerprint density at radius 2 is 2.31 bits per heavy atom. The fraction of sp³-hybridized carbons (Fsp3) is 0.0909. The van der Waals surface area contributed by atoms with Gasteiger partial charge >= 0.3 is 0 Å². The third-order valence-corrected chi connectivity index (χ3v) is 1.56. The maximum absolute atomic E-state index is 5.24. The summed E-state index contributed by atoms with van der Waals surface area (Å²) in [5.41, 5.74) is 11.1. The van der Waals surface area contributed by atoms with E-state index in [1.807, 2.05) is 12.1 Å². The molecule has 0 fully saturated rings. The van der Waals surface area contributed by atoms with Crippen molar-refractivity contribution in [2.24, 2.45) is 21.7 Å².